The van der Waals surface area contributed by atoms with E-state index in [1.54, 1.807) is 4.09 Å². The third-order valence-corrected chi connectivity index (χ3v) is 9.64. The Hall–Kier alpha value is -2.65. The minimum absolute atomic E-state index is 0.0513. The molecular formula is C31H36BN5OS2. The summed E-state index contributed by atoms with van der Waals surface area (Å²) in [6.07, 6.45) is 11.8. The van der Waals surface area contributed by atoms with Crippen molar-refractivity contribution in [2.24, 2.45) is 5.92 Å². The van der Waals surface area contributed by atoms with Gasteiger partial charge >= 0.3 is 0 Å². The molecule has 2 radical (unpaired) electrons. The molecule has 1 atom stereocenters. The molecule has 2 fully saturated rings. The van der Waals surface area contributed by atoms with Crippen molar-refractivity contribution in [2.45, 2.75) is 80.3 Å². The van der Waals surface area contributed by atoms with Crippen LogP contribution in [0.5, 0.6) is 0 Å². The van der Waals surface area contributed by atoms with E-state index in [0.717, 1.165) is 59.9 Å². The van der Waals surface area contributed by atoms with Gasteiger partial charge in [0.15, 0.2) is 0 Å². The van der Waals surface area contributed by atoms with Crippen molar-refractivity contribution in [2.75, 3.05) is 16.8 Å². The van der Waals surface area contributed by atoms with Crippen LogP contribution in [0.25, 0.3) is 11.1 Å². The van der Waals surface area contributed by atoms with Crippen LogP contribution in [0.1, 0.15) is 68.7 Å². The fraction of sp³-hybridized carbons (Fsp3) is 0.452. The fourth-order valence-electron chi connectivity index (χ4n) is 5.36. The van der Waals surface area contributed by atoms with E-state index in [2.05, 4.69) is 54.1 Å². The Labute approximate surface area is 248 Å². The van der Waals surface area contributed by atoms with Crippen LogP contribution in [0, 0.1) is 5.92 Å². The van der Waals surface area contributed by atoms with Crippen LogP contribution in [-0.4, -0.2) is 39.8 Å². The molecule has 0 saturated heterocycles. The summed E-state index contributed by atoms with van der Waals surface area (Å²) in [5.74, 6) is 2.33. The number of thioether (sulfide) groups is 1. The highest BCUT2D eigenvalue weighted by Gasteiger charge is 2.36. The molecule has 1 amide bonds. The second kappa shape index (κ2) is 12.1. The summed E-state index contributed by atoms with van der Waals surface area (Å²) in [5.41, 5.74) is 5.89. The van der Waals surface area contributed by atoms with E-state index in [4.69, 9.17) is 12.8 Å². The van der Waals surface area contributed by atoms with Crippen molar-refractivity contribution in [3.63, 3.8) is 0 Å². The molecule has 1 N–H and O–H groups in total. The van der Waals surface area contributed by atoms with E-state index in [0.29, 0.717) is 36.2 Å². The number of fused-ring (bicyclic) bond motifs is 1. The van der Waals surface area contributed by atoms with E-state index in [9.17, 15) is 4.79 Å². The SMILES string of the molecule is [B]CCC(=C)C(=O)N(CCCCCc1cc(C2CC2)n(S)n1)c1cccc(-c2cnc3c(c2)SC(C2CC2)N3)c1. The van der Waals surface area contributed by atoms with Crippen LogP contribution >= 0.6 is 24.6 Å². The smallest absolute Gasteiger partial charge is 0.253 e. The molecule has 3 aliphatic rings. The predicted octanol–water partition coefficient (Wildman–Crippen LogP) is 7.05. The van der Waals surface area contributed by atoms with E-state index in [1.807, 2.05) is 35.0 Å². The molecule has 3 aromatic rings. The molecule has 1 aromatic carbocycles. The molecule has 206 valence electrons. The highest BCUT2D eigenvalue weighted by molar-refractivity contribution is 8.00. The summed E-state index contributed by atoms with van der Waals surface area (Å²) < 4.78 is 1.75. The zero-order valence-electron chi connectivity index (χ0n) is 22.9. The first-order chi connectivity index (χ1) is 19.5. The van der Waals surface area contributed by atoms with Crippen LogP contribution in [0.2, 0.25) is 6.32 Å². The Morgan fingerprint density at radius 2 is 2.00 bits per heavy atom. The number of pyridine rings is 1. The van der Waals surface area contributed by atoms with Crippen LogP contribution in [0.4, 0.5) is 11.5 Å². The van der Waals surface area contributed by atoms with E-state index in [-0.39, 0.29) is 5.91 Å². The number of unbranched alkanes of at least 4 members (excludes halogenated alkanes) is 2. The lowest BCUT2D eigenvalue weighted by Gasteiger charge is -2.24. The first kappa shape index (κ1) is 27.5. The molecule has 2 aromatic heterocycles. The Bertz CT molecular complexity index is 1400. The maximum absolute atomic E-state index is 13.5. The number of hydrogen-bond acceptors (Lipinski definition) is 6. The number of hydrogen-bond donors (Lipinski definition) is 2. The maximum atomic E-state index is 13.5. The van der Waals surface area contributed by atoms with Crippen molar-refractivity contribution in [3.05, 3.63) is 66.1 Å². The second-order valence-electron chi connectivity index (χ2n) is 11.3. The number of amides is 1. The van der Waals surface area contributed by atoms with E-state index in [1.165, 1.54) is 36.3 Å². The molecule has 2 saturated carbocycles. The van der Waals surface area contributed by atoms with Gasteiger partial charge in [-0.25, -0.2) is 9.07 Å². The summed E-state index contributed by atoms with van der Waals surface area (Å²) in [5, 5.41) is 8.60. The number of aryl methyl sites for hydroxylation is 1. The number of anilines is 2. The van der Waals surface area contributed by atoms with Crippen LogP contribution in [-0.2, 0) is 11.2 Å². The van der Waals surface area contributed by atoms with Gasteiger partial charge in [0, 0.05) is 35.5 Å². The van der Waals surface area contributed by atoms with Crippen LogP contribution in [0.15, 0.2) is 59.6 Å². The predicted molar refractivity (Wildman–Crippen MR) is 168 cm³/mol. The highest BCUT2D eigenvalue weighted by atomic mass is 32.2. The van der Waals surface area contributed by atoms with Crippen molar-refractivity contribution >= 4 is 49.8 Å². The minimum atomic E-state index is -0.0513. The first-order valence-electron chi connectivity index (χ1n) is 14.5. The molecule has 1 aliphatic heterocycles. The van der Waals surface area contributed by atoms with Crippen molar-refractivity contribution in [1.82, 2.24) is 14.2 Å². The zero-order chi connectivity index (χ0) is 27.6. The lowest BCUT2D eigenvalue weighted by atomic mass is 9.97. The largest absolute Gasteiger partial charge is 0.357 e. The quantitative estimate of drug-likeness (QED) is 0.100. The maximum Gasteiger partial charge on any atom is 0.253 e. The third-order valence-electron chi connectivity index (χ3n) is 8.00. The Kier molecular flexibility index (Phi) is 8.31. The number of nitrogens with zero attached hydrogens (tertiary/aromatic N) is 4. The van der Waals surface area contributed by atoms with E-state index < -0.39 is 0 Å². The average molecular weight is 570 g/mol. The van der Waals surface area contributed by atoms with Gasteiger partial charge in [-0.3, -0.25) is 4.79 Å². The number of carbonyl (C=O) groups excluding carboxylic acids is 1. The summed E-state index contributed by atoms with van der Waals surface area (Å²) in [7, 11) is 5.75. The Morgan fingerprint density at radius 3 is 2.77 bits per heavy atom. The minimum Gasteiger partial charge on any atom is -0.357 e. The molecule has 6 nitrogen and oxygen atoms in total. The molecule has 3 heterocycles. The Balaban J connectivity index is 1.12. The summed E-state index contributed by atoms with van der Waals surface area (Å²) in [6.45, 7) is 4.67. The van der Waals surface area contributed by atoms with Gasteiger partial charge in [0.1, 0.15) is 5.82 Å². The molecular weight excluding hydrogens is 533 g/mol. The number of benzene rings is 1. The second-order valence-corrected chi connectivity index (χ2v) is 12.8. The molecule has 9 heteroatoms. The van der Waals surface area contributed by atoms with Gasteiger partial charge in [-0.2, -0.15) is 5.10 Å². The lowest BCUT2D eigenvalue weighted by molar-refractivity contribution is -0.115. The normalized spacial score (nSPS) is 17.9. The third kappa shape index (κ3) is 6.30. The fourth-order valence-corrected chi connectivity index (χ4v) is 7.02. The number of aromatic nitrogens is 3. The zero-order valence-corrected chi connectivity index (χ0v) is 24.6. The van der Waals surface area contributed by atoms with Gasteiger partial charge < -0.3 is 10.2 Å². The number of thiol groups is 1. The van der Waals surface area contributed by atoms with E-state index >= 15 is 0 Å². The molecule has 0 bridgehead atoms. The van der Waals surface area contributed by atoms with Crippen molar-refractivity contribution in [3.8, 4) is 11.1 Å². The molecule has 2 aliphatic carbocycles. The van der Waals surface area contributed by atoms with Gasteiger partial charge in [-0.05, 0) is 99.9 Å². The Morgan fingerprint density at radius 1 is 1.15 bits per heavy atom. The number of carbonyl (C=O) groups is 1. The summed E-state index contributed by atoms with van der Waals surface area (Å²) in [4.78, 5) is 21.3. The monoisotopic (exact) mass is 569 g/mol. The molecule has 0 spiro atoms. The average Bonchev–Trinajstić information content (AvgIpc) is 3.90. The number of nitrogens with one attached hydrogen (secondary N) is 1. The molecule has 1 unspecified atom stereocenters. The summed E-state index contributed by atoms with van der Waals surface area (Å²) >= 11 is 6.38. The van der Waals surface area contributed by atoms with Gasteiger partial charge in [0.25, 0.3) is 5.91 Å². The van der Waals surface area contributed by atoms with Crippen LogP contribution in [0.3, 0.4) is 0 Å². The molecule has 40 heavy (non-hydrogen) atoms. The van der Waals surface area contributed by atoms with Crippen molar-refractivity contribution in [1.29, 1.82) is 0 Å². The van der Waals surface area contributed by atoms with Gasteiger partial charge in [-0.15, -0.1) is 0 Å². The standard InChI is InChI=1S/C31H36BN5OS2/c1-20(13-14-32)31(38)36(15-4-2-3-7-25-18-27(21-9-10-21)37(39)35-25)26-8-5-6-23(16-26)24-17-28-29(33-19-24)34-30(40-28)22-11-12-22/h5-6,8,16-19,21-22,30,39H,1-4,7,9-15H2,(H,33,34). The van der Waals surface area contributed by atoms with Crippen molar-refractivity contribution < 1.29 is 4.79 Å². The van der Waals surface area contributed by atoms with Crippen LogP contribution < -0.4 is 10.2 Å². The topological polar surface area (TPSA) is 63.1 Å². The molecule has 6 rings (SSSR count). The summed E-state index contributed by atoms with van der Waals surface area (Å²) in [6, 6.07) is 12.6. The first-order valence-corrected chi connectivity index (χ1v) is 15.8. The lowest BCUT2D eigenvalue weighted by Crippen LogP contribution is -2.33. The van der Waals surface area contributed by atoms with Gasteiger partial charge in [0.2, 0.25) is 0 Å². The van der Waals surface area contributed by atoms with Gasteiger partial charge in [-0.1, -0.05) is 43.2 Å². The number of rotatable bonds is 13. The van der Waals surface area contributed by atoms with Gasteiger partial charge in [0.05, 0.1) is 29.5 Å². The highest BCUT2D eigenvalue weighted by Crippen LogP contribution is 2.48.